The summed E-state index contributed by atoms with van der Waals surface area (Å²) < 4.78 is 7.45. The van der Waals surface area contributed by atoms with Gasteiger partial charge in [0, 0.05) is 38.4 Å². The Bertz CT molecular complexity index is 464. The van der Waals surface area contributed by atoms with Crippen molar-refractivity contribution in [3.8, 4) is 0 Å². The van der Waals surface area contributed by atoms with Crippen LogP contribution in [0.5, 0.6) is 0 Å². The van der Waals surface area contributed by atoms with Crippen LogP contribution in [0.4, 0.5) is 10.6 Å². The van der Waals surface area contributed by atoms with Gasteiger partial charge in [-0.2, -0.15) is 5.10 Å². The van der Waals surface area contributed by atoms with Gasteiger partial charge in [-0.25, -0.2) is 4.79 Å². The van der Waals surface area contributed by atoms with Gasteiger partial charge in [0.05, 0.1) is 6.10 Å². The first-order chi connectivity index (χ1) is 9.36. The van der Waals surface area contributed by atoms with Crippen LogP contribution in [0, 0.1) is 11.3 Å². The molecule has 0 saturated carbocycles. The molecule has 2 atom stereocenters. The molecule has 6 heteroatoms. The molecule has 1 saturated heterocycles. The van der Waals surface area contributed by atoms with E-state index < -0.39 is 0 Å². The van der Waals surface area contributed by atoms with Crippen molar-refractivity contribution in [1.29, 1.82) is 0 Å². The first kappa shape index (κ1) is 14.8. The molecule has 0 unspecified atom stereocenters. The molecule has 6 nitrogen and oxygen atoms in total. The van der Waals surface area contributed by atoms with Crippen molar-refractivity contribution < 1.29 is 9.53 Å². The molecule has 1 aromatic rings. The number of aryl methyl sites for hydroxylation is 1. The van der Waals surface area contributed by atoms with E-state index in [1.807, 2.05) is 7.05 Å². The molecule has 0 radical (unpaired) electrons. The third-order valence-corrected chi connectivity index (χ3v) is 3.55. The third kappa shape index (κ3) is 3.72. The number of hydrogen-bond donors (Lipinski definition) is 2. The van der Waals surface area contributed by atoms with Crippen molar-refractivity contribution in [2.45, 2.75) is 33.3 Å². The maximum absolute atomic E-state index is 11.8. The second-order valence-corrected chi connectivity index (χ2v) is 6.42. The molecule has 20 heavy (non-hydrogen) atoms. The van der Waals surface area contributed by atoms with Gasteiger partial charge in [-0.05, 0) is 11.8 Å². The Morgan fingerprint density at radius 3 is 2.90 bits per heavy atom. The average Bonchev–Trinajstić information content (AvgIpc) is 2.94. The fourth-order valence-electron chi connectivity index (χ4n) is 2.67. The zero-order valence-corrected chi connectivity index (χ0v) is 12.6. The Kier molecular flexibility index (Phi) is 4.32. The summed E-state index contributed by atoms with van der Waals surface area (Å²) in [7, 11) is 1.81. The number of rotatable bonds is 3. The predicted octanol–water partition coefficient (Wildman–Crippen LogP) is 1.99. The highest BCUT2D eigenvalue weighted by Crippen LogP contribution is 2.34. The average molecular weight is 280 g/mol. The van der Waals surface area contributed by atoms with E-state index in [0.29, 0.717) is 18.3 Å². The molecule has 1 fully saturated rings. The summed E-state index contributed by atoms with van der Waals surface area (Å²) in [5.74, 6) is 0.921. The Morgan fingerprint density at radius 1 is 1.55 bits per heavy atom. The molecule has 112 valence electrons. The van der Waals surface area contributed by atoms with Crippen molar-refractivity contribution in [3.63, 3.8) is 0 Å². The van der Waals surface area contributed by atoms with E-state index in [9.17, 15) is 4.79 Å². The van der Waals surface area contributed by atoms with E-state index in [4.69, 9.17) is 4.74 Å². The van der Waals surface area contributed by atoms with E-state index in [0.717, 1.165) is 13.0 Å². The summed E-state index contributed by atoms with van der Waals surface area (Å²) in [6.45, 7) is 7.91. The van der Waals surface area contributed by atoms with Crippen LogP contribution < -0.4 is 10.6 Å². The van der Waals surface area contributed by atoms with Crippen molar-refractivity contribution in [2.75, 3.05) is 18.5 Å². The minimum Gasteiger partial charge on any atom is -0.377 e. The summed E-state index contributed by atoms with van der Waals surface area (Å²) in [4.78, 5) is 11.8. The minimum atomic E-state index is -0.219. The van der Waals surface area contributed by atoms with Gasteiger partial charge in [0.1, 0.15) is 0 Å². The SMILES string of the molecule is Cn1ccc(NC(=O)NC[C@H]2CCO[C@@H]2C(C)(C)C)n1. The molecule has 1 aliphatic rings. The lowest BCUT2D eigenvalue weighted by Gasteiger charge is -2.31. The number of carbonyl (C=O) groups is 1. The summed E-state index contributed by atoms with van der Waals surface area (Å²) in [5.41, 5.74) is 0.0975. The smallest absolute Gasteiger partial charge is 0.320 e. The van der Waals surface area contributed by atoms with Gasteiger partial charge < -0.3 is 10.1 Å². The summed E-state index contributed by atoms with van der Waals surface area (Å²) in [6, 6.07) is 1.54. The van der Waals surface area contributed by atoms with Crippen LogP contribution in [0.1, 0.15) is 27.2 Å². The Labute approximate surface area is 119 Å². The molecule has 2 rings (SSSR count). The van der Waals surface area contributed by atoms with Gasteiger partial charge in [0.25, 0.3) is 0 Å². The van der Waals surface area contributed by atoms with E-state index in [1.165, 1.54) is 0 Å². The monoisotopic (exact) mass is 280 g/mol. The van der Waals surface area contributed by atoms with E-state index >= 15 is 0 Å². The molecule has 0 aliphatic carbocycles. The highest BCUT2D eigenvalue weighted by Gasteiger charge is 2.37. The highest BCUT2D eigenvalue weighted by molar-refractivity contribution is 5.88. The molecule has 0 spiro atoms. The molecule has 2 amide bonds. The van der Waals surface area contributed by atoms with Crippen LogP contribution >= 0.6 is 0 Å². The first-order valence-electron chi connectivity index (χ1n) is 7.02. The third-order valence-electron chi connectivity index (χ3n) is 3.55. The fourth-order valence-corrected chi connectivity index (χ4v) is 2.67. The number of nitrogens with zero attached hydrogens (tertiary/aromatic N) is 2. The highest BCUT2D eigenvalue weighted by atomic mass is 16.5. The quantitative estimate of drug-likeness (QED) is 0.889. The Balaban J connectivity index is 1.81. The summed E-state index contributed by atoms with van der Waals surface area (Å²) in [6.07, 6.45) is 2.97. The molecule has 1 aliphatic heterocycles. The number of carbonyl (C=O) groups excluding carboxylic acids is 1. The lowest BCUT2D eigenvalue weighted by Crippen LogP contribution is -2.40. The van der Waals surface area contributed by atoms with Crippen LogP contribution in [-0.4, -0.2) is 35.1 Å². The van der Waals surface area contributed by atoms with E-state index in [-0.39, 0.29) is 17.6 Å². The van der Waals surface area contributed by atoms with Gasteiger partial charge in [0.2, 0.25) is 0 Å². The molecule has 1 aromatic heterocycles. The van der Waals surface area contributed by atoms with Gasteiger partial charge in [-0.3, -0.25) is 10.00 Å². The Hall–Kier alpha value is -1.56. The van der Waals surface area contributed by atoms with Gasteiger partial charge in [-0.1, -0.05) is 20.8 Å². The Morgan fingerprint density at radius 2 is 2.30 bits per heavy atom. The van der Waals surface area contributed by atoms with E-state index in [2.05, 4.69) is 36.5 Å². The molecule has 0 bridgehead atoms. The molecule has 0 aromatic carbocycles. The van der Waals surface area contributed by atoms with Crippen molar-refractivity contribution in [3.05, 3.63) is 12.3 Å². The van der Waals surface area contributed by atoms with Crippen LogP contribution in [0.25, 0.3) is 0 Å². The normalized spacial score (nSPS) is 22.8. The number of urea groups is 1. The molecular formula is C14H24N4O2. The first-order valence-corrected chi connectivity index (χ1v) is 7.02. The maximum atomic E-state index is 11.8. The topological polar surface area (TPSA) is 68.2 Å². The lowest BCUT2D eigenvalue weighted by molar-refractivity contribution is 0.00782. The summed E-state index contributed by atoms with van der Waals surface area (Å²) in [5, 5.41) is 9.73. The van der Waals surface area contributed by atoms with Gasteiger partial charge >= 0.3 is 6.03 Å². The van der Waals surface area contributed by atoms with Gasteiger partial charge in [0.15, 0.2) is 5.82 Å². The van der Waals surface area contributed by atoms with Crippen LogP contribution in [0.3, 0.4) is 0 Å². The van der Waals surface area contributed by atoms with Crippen LogP contribution in [0.15, 0.2) is 12.3 Å². The van der Waals surface area contributed by atoms with Crippen LogP contribution in [-0.2, 0) is 11.8 Å². The lowest BCUT2D eigenvalue weighted by atomic mass is 9.81. The van der Waals surface area contributed by atoms with Crippen molar-refractivity contribution in [1.82, 2.24) is 15.1 Å². The number of ether oxygens (including phenoxy) is 1. The maximum Gasteiger partial charge on any atom is 0.320 e. The van der Waals surface area contributed by atoms with Crippen molar-refractivity contribution in [2.24, 2.45) is 18.4 Å². The number of amides is 2. The predicted molar refractivity (Wildman–Crippen MR) is 77.5 cm³/mol. The van der Waals surface area contributed by atoms with Crippen molar-refractivity contribution >= 4 is 11.8 Å². The largest absolute Gasteiger partial charge is 0.377 e. The zero-order chi connectivity index (χ0) is 14.8. The number of nitrogens with one attached hydrogen (secondary N) is 2. The second-order valence-electron chi connectivity index (χ2n) is 6.42. The van der Waals surface area contributed by atoms with Crippen LogP contribution in [0.2, 0.25) is 0 Å². The fraction of sp³-hybridized carbons (Fsp3) is 0.714. The molecular weight excluding hydrogens is 256 g/mol. The number of hydrogen-bond acceptors (Lipinski definition) is 3. The zero-order valence-electron chi connectivity index (χ0n) is 12.6. The summed E-state index contributed by atoms with van der Waals surface area (Å²) >= 11 is 0. The number of anilines is 1. The second kappa shape index (κ2) is 5.83. The minimum absolute atomic E-state index is 0.0975. The molecule has 2 heterocycles. The molecule has 2 N–H and O–H groups in total. The van der Waals surface area contributed by atoms with E-state index in [1.54, 1.807) is 16.9 Å². The van der Waals surface area contributed by atoms with Gasteiger partial charge in [-0.15, -0.1) is 0 Å². The number of aromatic nitrogens is 2. The standard InChI is InChI=1S/C14H24N4O2/c1-14(2,3)12-10(6-8-20-12)9-15-13(19)16-11-5-7-18(4)17-11/h5,7,10,12H,6,8-9H2,1-4H3,(H2,15,16,17,19)/t10-,12+/m1/s1.